The molecule has 2 rings (SSSR count). The molecule has 5 nitrogen and oxygen atoms in total. The molecule has 0 aliphatic carbocycles. The molecule has 2 amide bonds. The minimum Gasteiger partial charge on any atom is -0.480 e. The summed E-state index contributed by atoms with van der Waals surface area (Å²) in [6.07, 6.45) is 0.927. The maximum atomic E-state index is 12.0. The first kappa shape index (κ1) is 13.4. The largest absolute Gasteiger partial charge is 0.480 e. The maximum absolute atomic E-state index is 12.0. The average molecular weight is 262 g/mol. The van der Waals surface area contributed by atoms with Crippen LogP contribution in [0.25, 0.3) is 0 Å². The van der Waals surface area contributed by atoms with E-state index in [0.717, 1.165) is 6.42 Å². The number of carbonyl (C=O) groups is 2. The number of hydrogen-bond acceptors (Lipinski definition) is 2. The second-order valence-electron chi connectivity index (χ2n) is 4.87. The number of likely N-dealkylation sites (N-methyl/N-ethyl adjacent to an activating group) is 1. The van der Waals surface area contributed by atoms with E-state index in [1.54, 1.807) is 4.90 Å². The van der Waals surface area contributed by atoms with Gasteiger partial charge in [0.05, 0.1) is 0 Å². The quantitative estimate of drug-likeness (QED) is 0.900. The Labute approximate surface area is 112 Å². The van der Waals surface area contributed by atoms with Crippen LogP contribution in [0.4, 0.5) is 4.79 Å². The van der Waals surface area contributed by atoms with Crippen molar-refractivity contribution in [3.05, 3.63) is 35.9 Å². The summed E-state index contributed by atoms with van der Waals surface area (Å²) >= 11 is 0. The van der Waals surface area contributed by atoms with Crippen molar-refractivity contribution in [3.63, 3.8) is 0 Å². The van der Waals surface area contributed by atoms with Gasteiger partial charge in [0, 0.05) is 26.1 Å². The molecule has 1 saturated heterocycles. The molecule has 1 aromatic rings. The zero-order valence-electron chi connectivity index (χ0n) is 11.0. The van der Waals surface area contributed by atoms with Crippen LogP contribution in [0.15, 0.2) is 30.3 Å². The van der Waals surface area contributed by atoms with Crippen molar-refractivity contribution in [1.29, 1.82) is 0 Å². The van der Waals surface area contributed by atoms with Crippen LogP contribution in [0.1, 0.15) is 17.9 Å². The van der Waals surface area contributed by atoms with E-state index in [9.17, 15) is 9.59 Å². The highest BCUT2D eigenvalue weighted by atomic mass is 16.4. The fourth-order valence-corrected chi connectivity index (χ4v) is 2.44. The lowest BCUT2D eigenvalue weighted by atomic mass is 9.99. The molecule has 1 aliphatic rings. The van der Waals surface area contributed by atoms with Crippen LogP contribution in [0.3, 0.4) is 0 Å². The normalized spacial score (nSPS) is 18.4. The summed E-state index contributed by atoms with van der Waals surface area (Å²) in [6, 6.07) is 9.90. The predicted octanol–water partition coefficient (Wildman–Crippen LogP) is 1.61. The minimum atomic E-state index is -0.991. The van der Waals surface area contributed by atoms with Crippen molar-refractivity contribution >= 4 is 12.0 Å². The molecule has 1 aromatic carbocycles. The van der Waals surface area contributed by atoms with Crippen molar-refractivity contribution in [3.8, 4) is 0 Å². The molecule has 5 heteroatoms. The van der Waals surface area contributed by atoms with E-state index in [0.29, 0.717) is 19.0 Å². The van der Waals surface area contributed by atoms with Crippen LogP contribution in [0, 0.1) is 0 Å². The number of hydrogen-bond donors (Lipinski definition) is 1. The highest BCUT2D eigenvalue weighted by molar-refractivity contribution is 5.80. The van der Waals surface area contributed by atoms with Crippen LogP contribution in [-0.2, 0) is 4.79 Å². The number of carbonyl (C=O) groups excluding carboxylic acids is 1. The summed E-state index contributed by atoms with van der Waals surface area (Å²) in [5, 5.41) is 8.69. The van der Waals surface area contributed by atoms with Crippen LogP contribution in [-0.4, -0.2) is 53.6 Å². The Kier molecular flexibility index (Phi) is 4.04. The molecule has 0 radical (unpaired) electrons. The van der Waals surface area contributed by atoms with Gasteiger partial charge in [-0.25, -0.2) is 4.79 Å². The number of carboxylic acids is 1. The summed E-state index contributed by atoms with van der Waals surface area (Å²) in [5.74, 6) is -0.641. The van der Waals surface area contributed by atoms with Crippen LogP contribution in [0.2, 0.25) is 0 Å². The van der Waals surface area contributed by atoms with Gasteiger partial charge in [0.25, 0.3) is 0 Å². The van der Waals surface area contributed by atoms with E-state index in [2.05, 4.69) is 12.1 Å². The Bertz CT molecular complexity index is 461. The van der Waals surface area contributed by atoms with Crippen molar-refractivity contribution in [2.24, 2.45) is 0 Å². The third-order valence-corrected chi connectivity index (χ3v) is 3.43. The number of likely N-dealkylation sites (tertiary alicyclic amines) is 1. The van der Waals surface area contributed by atoms with Gasteiger partial charge in [-0.05, 0) is 12.0 Å². The summed E-state index contributed by atoms with van der Waals surface area (Å²) in [5.41, 5.74) is 1.23. The number of amides is 2. The lowest BCUT2D eigenvalue weighted by Gasteiger charge is -2.23. The fourth-order valence-electron chi connectivity index (χ4n) is 2.44. The maximum Gasteiger partial charge on any atom is 0.323 e. The number of nitrogens with zero attached hydrogens (tertiary/aromatic N) is 2. The molecule has 0 aromatic heterocycles. The number of urea groups is 1. The molecule has 0 bridgehead atoms. The highest BCUT2D eigenvalue weighted by Crippen LogP contribution is 2.27. The SMILES string of the molecule is CN(CC(=O)O)C(=O)N1CCC(c2ccccc2)C1. The van der Waals surface area contributed by atoms with Crippen molar-refractivity contribution in [2.75, 3.05) is 26.7 Å². The molecule has 1 fully saturated rings. The number of aliphatic carboxylic acids is 1. The van der Waals surface area contributed by atoms with Gasteiger partial charge >= 0.3 is 12.0 Å². The molecular formula is C14H18N2O3. The Morgan fingerprint density at radius 2 is 2.05 bits per heavy atom. The number of carboxylic acid groups (broad SMARTS) is 1. The van der Waals surface area contributed by atoms with Crippen molar-refractivity contribution in [2.45, 2.75) is 12.3 Å². The Morgan fingerprint density at radius 3 is 2.68 bits per heavy atom. The van der Waals surface area contributed by atoms with Crippen LogP contribution < -0.4 is 0 Å². The van der Waals surface area contributed by atoms with Gasteiger partial charge in [0.1, 0.15) is 6.54 Å². The third kappa shape index (κ3) is 3.24. The zero-order valence-corrected chi connectivity index (χ0v) is 11.0. The standard InChI is InChI=1S/C14H18N2O3/c1-15(10-13(17)18)14(19)16-8-7-12(9-16)11-5-3-2-4-6-11/h2-6,12H,7-10H2,1H3,(H,17,18). The summed E-state index contributed by atoms with van der Waals surface area (Å²) in [4.78, 5) is 25.6. The fraction of sp³-hybridized carbons (Fsp3) is 0.429. The first-order chi connectivity index (χ1) is 9.08. The lowest BCUT2D eigenvalue weighted by Crippen LogP contribution is -2.42. The van der Waals surface area contributed by atoms with Crippen LogP contribution in [0.5, 0.6) is 0 Å². The molecule has 1 aliphatic heterocycles. The van der Waals surface area contributed by atoms with Gasteiger partial charge in [-0.15, -0.1) is 0 Å². The van der Waals surface area contributed by atoms with Crippen LogP contribution >= 0.6 is 0 Å². The minimum absolute atomic E-state index is 0.208. The summed E-state index contributed by atoms with van der Waals surface area (Å²) < 4.78 is 0. The first-order valence-corrected chi connectivity index (χ1v) is 6.34. The van der Waals surface area contributed by atoms with Gasteiger partial charge in [-0.1, -0.05) is 30.3 Å². The lowest BCUT2D eigenvalue weighted by molar-refractivity contribution is -0.137. The van der Waals surface area contributed by atoms with E-state index in [1.165, 1.54) is 17.5 Å². The molecule has 102 valence electrons. The number of benzene rings is 1. The average Bonchev–Trinajstić information content (AvgIpc) is 2.87. The van der Waals surface area contributed by atoms with Gasteiger partial charge < -0.3 is 14.9 Å². The Balaban J connectivity index is 1.95. The van der Waals surface area contributed by atoms with E-state index in [1.807, 2.05) is 18.2 Å². The topological polar surface area (TPSA) is 60.9 Å². The molecule has 1 atom stereocenters. The van der Waals surface area contributed by atoms with E-state index < -0.39 is 5.97 Å². The molecular weight excluding hydrogens is 244 g/mol. The van der Waals surface area contributed by atoms with Crippen molar-refractivity contribution in [1.82, 2.24) is 9.80 Å². The van der Waals surface area contributed by atoms with E-state index in [-0.39, 0.29) is 12.6 Å². The second kappa shape index (κ2) is 5.73. The number of rotatable bonds is 3. The summed E-state index contributed by atoms with van der Waals surface area (Å²) in [7, 11) is 1.52. The van der Waals surface area contributed by atoms with Gasteiger partial charge in [0.15, 0.2) is 0 Å². The molecule has 1 heterocycles. The molecule has 1 N–H and O–H groups in total. The second-order valence-corrected chi connectivity index (χ2v) is 4.87. The van der Waals surface area contributed by atoms with E-state index in [4.69, 9.17) is 5.11 Å². The first-order valence-electron chi connectivity index (χ1n) is 6.34. The molecule has 1 unspecified atom stereocenters. The predicted molar refractivity (Wildman–Crippen MR) is 71.0 cm³/mol. The van der Waals surface area contributed by atoms with Gasteiger partial charge in [-0.2, -0.15) is 0 Å². The molecule has 0 saturated carbocycles. The molecule has 0 spiro atoms. The Morgan fingerprint density at radius 1 is 1.37 bits per heavy atom. The Hall–Kier alpha value is -2.04. The zero-order chi connectivity index (χ0) is 13.8. The van der Waals surface area contributed by atoms with Gasteiger partial charge in [-0.3, -0.25) is 4.79 Å². The molecule has 19 heavy (non-hydrogen) atoms. The highest BCUT2D eigenvalue weighted by Gasteiger charge is 2.29. The smallest absolute Gasteiger partial charge is 0.323 e. The monoisotopic (exact) mass is 262 g/mol. The van der Waals surface area contributed by atoms with E-state index >= 15 is 0 Å². The summed E-state index contributed by atoms with van der Waals surface area (Å²) in [6.45, 7) is 1.08. The third-order valence-electron chi connectivity index (χ3n) is 3.43. The van der Waals surface area contributed by atoms with Crippen molar-refractivity contribution < 1.29 is 14.7 Å². The van der Waals surface area contributed by atoms with Gasteiger partial charge in [0.2, 0.25) is 0 Å².